The Balaban J connectivity index is 1.57. The molecule has 0 aliphatic carbocycles. The van der Waals surface area contributed by atoms with Crippen molar-refractivity contribution in [3.05, 3.63) is 64.2 Å². The lowest BCUT2D eigenvalue weighted by molar-refractivity contribution is 0.0570. The quantitative estimate of drug-likeness (QED) is 0.236. The van der Waals surface area contributed by atoms with Crippen LogP contribution in [0, 0.1) is 0 Å². The van der Waals surface area contributed by atoms with Gasteiger partial charge in [-0.3, -0.25) is 19.1 Å². The molecule has 10 heteroatoms. The largest absolute Gasteiger partial charge is 0.450 e. The number of fused-ring (bicyclic) bond motifs is 1. The third-order valence-electron chi connectivity index (χ3n) is 6.36. The first kappa shape index (κ1) is 26.7. The number of thioether (sulfide) groups is 1. The van der Waals surface area contributed by atoms with E-state index in [1.54, 1.807) is 51.9 Å². The number of amides is 2. The average molecular weight is 524 g/mol. The Labute approximate surface area is 220 Å². The monoisotopic (exact) mass is 523 g/mol. The van der Waals surface area contributed by atoms with Gasteiger partial charge in [0, 0.05) is 56.4 Å². The zero-order valence-corrected chi connectivity index (χ0v) is 22.2. The number of ether oxygens (including phenoxy) is 1. The Morgan fingerprint density at radius 3 is 2.43 bits per heavy atom. The number of hydrogen-bond acceptors (Lipinski definition) is 7. The first-order valence-corrected chi connectivity index (χ1v) is 13.8. The van der Waals surface area contributed by atoms with E-state index in [1.807, 2.05) is 12.1 Å². The molecule has 1 aromatic carbocycles. The summed E-state index contributed by atoms with van der Waals surface area (Å²) in [5.41, 5.74) is 2.02. The SMILES string of the molecule is CCCCCn1c(SCc2ccncc2)nc2cc(C(=O)N3CCN(C(=O)OCC)CC3)ccc2c1=O. The van der Waals surface area contributed by atoms with Gasteiger partial charge in [0.05, 0.1) is 17.5 Å². The van der Waals surface area contributed by atoms with Gasteiger partial charge in [0.25, 0.3) is 11.5 Å². The van der Waals surface area contributed by atoms with E-state index in [4.69, 9.17) is 9.72 Å². The van der Waals surface area contributed by atoms with Crippen LogP contribution in [0.5, 0.6) is 0 Å². The smallest absolute Gasteiger partial charge is 0.409 e. The molecule has 9 nitrogen and oxygen atoms in total. The lowest BCUT2D eigenvalue weighted by atomic mass is 10.1. The molecule has 1 aliphatic rings. The molecule has 3 aromatic rings. The Kier molecular flexibility index (Phi) is 9.16. The molecule has 37 heavy (non-hydrogen) atoms. The molecule has 2 aromatic heterocycles. The highest BCUT2D eigenvalue weighted by atomic mass is 32.2. The maximum absolute atomic E-state index is 13.4. The molecule has 0 unspecified atom stereocenters. The fraction of sp³-hybridized carbons (Fsp3) is 0.444. The fourth-order valence-corrected chi connectivity index (χ4v) is 5.26. The van der Waals surface area contributed by atoms with Crippen LogP contribution in [0.15, 0.2) is 52.7 Å². The van der Waals surface area contributed by atoms with E-state index in [0.717, 1.165) is 24.8 Å². The summed E-state index contributed by atoms with van der Waals surface area (Å²) in [5, 5.41) is 1.16. The number of piperazine rings is 1. The van der Waals surface area contributed by atoms with E-state index >= 15 is 0 Å². The minimum atomic E-state index is -0.350. The predicted octanol–water partition coefficient (Wildman–Crippen LogP) is 4.19. The highest BCUT2D eigenvalue weighted by molar-refractivity contribution is 7.98. The number of aromatic nitrogens is 3. The van der Waals surface area contributed by atoms with Crippen LogP contribution in [0.25, 0.3) is 10.9 Å². The summed E-state index contributed by atoms with van der Waals surface area (Å²) in [6.45, 7) is 6.54. The van der Waals surface area contributed by atoms with Crippen molar-refractivity contribution in [2.45, 2.75) is 50.6 Å². The number of nitrogens with zero attached hydrogens (tertiary/aromatic N) is 5. The molecule has 1 fully saturated rings. The molecule has 0 bridgehead atoms. The van der Waals surface area contributed by atoms with E-state index in [9.17, 15) is 14.4 Å². The molecule has 3 heterocycles. The first-order chi connectivity index (χ1) is 18.0. The molecule has 0 N–H and O–H groups in total. The van der Waals surface area contributed by atoms with E-state index in [1.165, 1.54) is 11.8 Å². The lowest BCUT2D eigenvalue weighted by Crippen LogP contribution is -2.50. The van der Waals surface area contributed by atoms with E-state index in [0.29, 0.717) is 66.7 Å². The van der Waals surface area contributed by atoms with Gasteiger partial charge in [-0.1, -0.05) is 31.5 Å². The molecule has 2 amide bonds. The third-order valence-corrected chi connectivity index (χ3v) is 7.41. The van der Waals surface area contributed by atoms with Gasteiger partial charge < -0.3 is 14.5 Å². The van der Waals surface area contributed by atoms with Crippen LogP contribution in [0.1, 0.15) is 49.0 Å². The zero-order valence-electron chi connectivity index (χ0n) is 21.4. The van der Waals surface area contributed by atoms with Gasteiger partial charge in [0.1, 0.15) is 0 Å². The van der Waals surface area contributed by atoms with Gasteiger partial charge in [0.15, 0.2) is 5.16 Å². The molecule has 0 atom stereocenters. The van der Waals surface area contributed by atoms with Gasteiger partial charge in [0.2, 0.25) is 0 Å². The number of carbonyl (C=O) groups excluding carboxylic acids is 2. The highest BCUT2D eigenvalue weighted by Crippen LogP contribution is 2.23. The van der Waals surface area contributed by atoms with Crippen LogP contribution in [-0.2, 0) is 17.0 Å². The van der Waals surface area contributed by atoms with Crippen LogP contribution in [0.4, 0.5) is 4.79 Å². The second-order valence-corrected chi connectivity index (χ2v) is 9.86. The van der Waals surface area contributed by atoms with Crippen molar-refractivity contribution in [2.24, 2.45) is 0 Å². The summed E-state index contributed by atoms with van der Waals surface area (Å²) in [4.78, 5) is 50.9. The maximum Gasteiger partial charge on any atom is 0.409 e. The fourth-order valence-electron chi connectivity index (χ4n) is 4.28. The van der Waals surface area contributed by atoms with Gasteiger partial charge in [-0.2, -0.15) is 0 Å². The lowest BCUT2D eigenvalue weighted by Gasteiger charge is -2.34. The van der Waals surface area contributed by atoms with Gasteiger partial charge in [-0.15, -0.1) is 0 Å². The average Bonchev–Trinajstić information content (AvgIpc) is 2.93. The standard InChI is InChI=1S/C27H33N5O4S/c1-3-5-6-13-32-25(34)22-8-7-21(24(33)30-14-16-31(17-15-30)27(35)36-4-2)18-23(22)29-26(32)37-19-20-9-11-28-12-10-20/h7-12,18H,3-6,13-17,19H2,1-2H3. The Bertz CT molecular complexity index is 1290. The second-order valence-electron chi connectivity index (χ2n) is 8.91. The first-order valence-electron chi connectivity index (χ1n) is 12.8. The number of hydrogen-bond donors (Lipinski definition) is 0. The zero-order chi connectivity index (χ0) is 26.2. The summed E-state index contributed by atoms with van der Waals surface area (Å²) >= 11 is 1.52. The summed E-state index contributed by atoms with van der Waals surface area (Å²) < 4.78 is 6.82. The van der Waals surface area contributed by atoms with Crippen molar-refractivity contribution in [3.63, 3.8) is 0 Å². The summed E-state index contributed by atoms with van der Waals surface area (Å²) in [7, 11) is 0. The number of carbonyl (C=O) groups is 2. The molecule has 1 saturated heterocycles. The molecule has 196 valence electrons. The highest BCUT2D eigenvalue weighted by Gasteiger charge is 2.26. The Hall–Kier alpha value is -3.40. The van der Waals surface area contributed by atoms with Crippen molar-refractivity contribution in [1.82, 2.24) is 24.3 Å². The minimum Gasteiger partial charge on any atom is -0.450 e. The number of pyridine rings is 1. The van der Waals surface area contributed by atoms with Crippen LogP contribution in [0.3, 0.4) is 0 Å². The molecule has 1 aliphatic heterocycles. The normalized spacial score (nSPS) is 13.7. The number of benzene rings is 1. The Morgan fingerprint density at radius 2 is 1.73 bits per heavy atom. The van der Waals surface area contributed by atoms with Crippen molar-refractivity contribution < 1.29 is 14.3 Å². The van der Waals surface area contributed by atoms with Crippen molar-refractivity contribution in [2.75, 3.05) is 32.8 Å². The van der Waals surface area contributed by atoms with Crippen LogP contribution < -0.4 is 5.56 Å². The summed E-state index contributed by atoms with van der Waals surface area (Å²) in [6, 6.07) is 9.02. The minimum absolute atomic E-state index is 0.0830. The van der Waals surface area contributed by atoms with Crippen molar-refractivity contribution >= 4 is 34.7 Å². The van der Waals surface area contributed by atoms with Crippen molar-refractivity contribution in [1.29, 1.82) is 0 Å². The molecule has 4 rings (SSSR count). The molecule has 0 radical (unpaired) electrons. The molecular formula is C27H33N5O4S. The summed E-state index contributed by atoms with van der Waals surface area (Å²) in [5.74, 6) is 0.530. The van der Waals surface area contributed by atoms with E-state index < -0.39 is 0 Å². The summed E-state index contributed by atoms with van der Waals surface area (Å²) in [6.07, 6.45) is 6.16. The van der Waals surface area contributed by atoms with Crippen LogP contribution >= 0.6 is 11.8 Å². The topological polar surface area (TPSA) is 97.6 Å². The second kappa shape index (κ2) is 12.7. The number of rotatable bonds is 9. The van der Waals surface area contributed by atoms with E-state index in [-0.39, 0.29) is 17.6 Å². The molecule has 0 spiro atoms. The number of unbranched alkanes of at least 4 members (excludes halogenated alkanes) is 2. The predicted molar refractivity (Wildman–Crippen MR) is 144 cm³/mol. The van der Waals surface area contributed by atoms with E-state index in [2.05, 4.69) is 11.9 Å². The Morgan fingerprint density at radius 1 is 1.00 bits per heavy atom. The third kappa shape index (κ3) is 6.49. The van der Waals surface area contributed by atoms with Crippen LogP contribution in [-0.4, -0.2) is 69.1 Å². The maximum atomic E-state index is 13.4. The van der Waals surface area contributed by atoms with Crippen molar-refractivity contribution in [3.8, 4) is 0 Å². The van der Waals surface area contributed by atoms with Gasteiger partial charge in [-0.25, -0.2) is 9.78 Å². The van der Waals surface area contributed by atoms with Gasteiger partial charge in [-0.05, 0) is 49.2 Å². The molecular weight excluding hydrogens is 490 g/mol. The molecule has 0 saturated carbocycles. The van der Waals surface area contributed by atoms with Gasteiger partial charge >= 0.3 is 6.09 Å². The van der Waals surface area contributed by atoms with Crippen LogP contribution in [0.2, 0.25) is 0 Å².